The molecule has 2 aliphatic carbocycles. The van der Waals surface area contributed by atoms with Crippen LogP contribution >= 0.6 is 0 Å². The lowest BCUT2D eigenvalue weighted by atomic mass is 10.0. The number of nitrogens with one attached hydrogen (secondary N) is 3. The number of hydrogen-bond acceptors (Lipinski definition) is 8. The molecule has 0 spiro atoms. The van der Waals surface area contributed by atoms with Gasteiger partial charge in [0.25, 0.3) is 17.5 Å². The standard InChI is InChI=1S/C30H33N5O7/c1-41-19-7-8-23-20(15-19)21(16-27(36)31-23)29(37)33-25-4-2-3-24(25)32-28-22(30(38)34-9-11-42-12-10-34)13-18(17-5-6-17)14-26(28)35(39)40/h7-8,13-17,24-25,32H,2-6,9-12H2,1H3,(H,31,36)(H,33,37)/t24-,25+/m1/s1. The van der Waals surface area contributed by atoms with E-state index in [1.54, 1.807) is 35.2 Å². The van der Waals surface area contributed by atoms with Crippen molar-refractivity contribution in [1.29, 1.82) is 0 Å². The highest BCUT2D eigenvalue weighted by molar-refractivity contribution is 6.06. The Kier molecular flexibility index (Phi) is 7.55. The van der Waals surface area contributed by atoms with Crippen LogP contribution in [0.5, 0.6) is 5.75 Å². The molecule has 0 bridgehead atoms. The number of aromatic amines is 1. The Morgan fingerprint density at radius 1 is 1.05 bits per heavy atom. The third-order valence-electron chi connectivity index (χ3n) is 8.37. The number of hydrogen-bond donors (Lipinski definition) is 3. The van der Waals surface area contributed by atoms with E-state index >= 15 is 0 Å². The average molecular weight is 576 g/mol. The quantitative estimate of drug-likeness (QED) is 0.272. The summed E-state index contributed by atoms with van der Waals surface area (Å²) in [6.45, 7) is 1.66. The number of ether oxygens (including phenoxy) is 2. The van der Waals surface area contributed by atoms with E-state index < -0.39 is 16.4 Å². The number of amides is 2. The first kappa shape index (κ1) is 27.7. The first-order chi connectivity index (χ1) is 20.3. The van der Waals surface area contributed by atoms with Crippen molar-refractivity contribution in [3.63, 3.8) is 0 Å². The molecule has 0 radical (unpaired) electrons. The van der Waals surface area contributed by atoms with Gasteiger partial charge in [-0.2, -0.15) is 0 Å². The number of carbonyl (C=O) groups excluding carboxylic acids is 2. The summed E-state index contributed by atoms with van der Waals surface area (Å²) in [6, 6.07) is 8.97. The second-order valence-corrected chi connectivity index (χ2v) is 11.1. The van der Waals surface area contributed by atoms with Crippen LogP contribution in [0.2, 0.25) is 0 Å². The maximum Gasteiger partial charge on any atom is 0.293 e. The highest BCUT2D eigenvalue weighted by Crippen LogP contribution is 2.44. The van der Waals surface area contributed by atoms with Crippen molar-refractivity contribution in [2.24, 2.45) is 0 Å². The molecule has 1 saturated heterocycles. The Morgan fingerprint density at radius 2 is 1.81 bits per heavy atom. The number of carbonyl (C=O) groups is 2. The molecule has 2 amide bonds. The molecule has 1 aliphatic heterocycles. The van der Waals surface area contributed by atoms with Crippen LogP contribution in [-0.2, 0) is 4.74 Å². The Hall–Kier alpha value is -4.45. The molecule has 3 fully saturated rings. The third kappa shape index (κ3) is 5.54. The minimum absolute atomic E-state index is 0.138. The largest absolute Gasteiger partial charge is 0.497 e. The summed E-state index contributed by atoms with van der Waals surface area (Å²) in [5.74, 6) is 0.0635. The number of aromatic nitrogens is 1. The van der Waals surface area contributed by atoms with Crippen molar-refractivity contribution in [2.45, 2.75) is 50.1 Å². The fraction of sp³-hybridized carbons (Fsp3) is 0.433. The number of benzene rings is 2. The van der Waals surface area contributed by atoms with Crippen LogP contribution in [0, 0.1) is 10.1 Å². The van der Waals surface area contributed by atoms with Crippen LogP contribution in [0.3, 0.4) is 0 Å². The number of morpholine rings is 1. The molecular formula is C30H33N5O7. The molecule has 3 aliphatic rings. The van der Waals surface area contributed by atoms with E-state index in [0.717, 1.165) is 24.8 Å². The Morgan fingerprint density at radius 3 is 2.52 bits per heavy atom. The number of nitro groups is 1. The number of methoxy groups -OCH3 is 1. The molecule has 1 aromatic heterocycles. The smallest absolute Gasteiger partial charge is 0.293 e. The maximum atomic E-state index is 13.7. The molecule has 2 saturated carbocycles. The van der Waals surface area contributed by atoms with Crippen molar-refractivity contribution in [2.75, 3.05) is 38.7 Å². The molecule has 2 heterocycles. The summed E-state index contributed by atoms with van der Waals surface area (Å²) < 4.78 is 10.7. The molecule has 2 atom stereocenters. The minimum Gasteiger partial charge on any atom is -0.497 e. The van der Waals surface area contributed by atoms with Crippen molar-refractivity contribution in [3.05, 3.63) is 73.6 Å². The van der Waals surface area contributed by atoms with Crippen molar-refractivity contribution in [3.8, 4) is 5.75 Å². The first-order valence-electron chi connectivity index (χ1n) is 14.3. The lowest BCUT2D eigenvalue weighted by Gasteiger charge is -2.29. The van der Waals surface area contributed by atoms with Crippen LogP contribution < -0.4 is 20.9 Å². The molecule has 6 rings (SSSR count). The molecule has 3 aromatic rings. The lowest BCUT2D eigenvalue weighted by Crippen LogP contribution is -2.44. The van der Waals surface area contributed by atoms with E-state index in [0.29, 0.717) is 55.8 Å². The van der Waals surface area contributed by atoms with Crippen molar-refractivity contribution < 1.29 is 24.0 Å². The summed E-state index contributed by atoms with van der Waals surface area (Å²) in [4.78, 5) is 55.8. The van der Waals surface area contributed by atoms with Crippen LogP contribution in [0.1, 0.15) is 64.3 Å². The normalized spacial score (nSPS) is 20.4. The summed E-state index contributed by atoms with van der Waals surface area (Å²) >= 11 is 0. The molecule has 12 heteroatoms. The number of nitro benzene ring substituents is 1. The van der Waals surface area contributed by atoms with Gasteiger partial charge in [-0.15, -0.1) is 0 Å². The SMILES string of the molecule is COc1ccc2[nH]c(=O)cc(C(=O)N[C@H]3CCC[C@H]3Nc3c(C(=O)N4CCOCC4)cc(C4CC4)cc3[N+](=O)[O-])c2c1. The van der Waals surface area contributed by atoms with Gasteiger partial charge in [-0.05, 0) is 67.9 Å². The number of H-pyrrole nitrogens is 1. The monoisotopic (exact) mass is 575 g/mol. The molecule has 12 nitrogen and oxygen atoms in total. The zero-order chi connectivity index (χ0) is 29.4. The fourth-order valence-electron chi connectivity index (χ4n) is 5.99. The predicted octanol–water partition coefficient (Wildman–Crippen LogP) is 3.56. The highest BCUT2D eigenvalue weighted by Gasteiger charge is 2.36. The third-order valence-corrected chi connectivity index (χ3v) is 8.37. The predicted molar refractivity (Wildman–Crippen MR) is 155 cm³/mol. The van der Waals surface area contributed by atoms with E-state index in [2.05, 4.69) is 15.6 Å². The Labute approximate surface area is 241 Å². The highest BCUT2D eigenvalue weighted by atomic mass is 16.6. The minimum atomic E-state index is -0.442. The van der Waals surface area contributed by atoms with Gasteiger partial charge in [-0.25, -0.2) is 0 Å². The van der Waals surface area contributed by atoms with E-state index in [1.807, 2.05) is 0 Å². The van der Waals surface area contributed by atoms with Crippen molar-refractivity contribution in [1.82, 2.24) is 15.2 Å². The lowest BCUT2D eigenvalue weighted by molar-refractivity contribution is -0.384. The van der Waals surface area contributed by atoms with Gasteiger partial charge in [-0.3, -0.25) is 24.5 Å². The van der Waals surface area contributed by atoms with Gasteiger partial charge in [-0.1, -0.05) is 0 Å². The Bertz CT molecular complexity index is 1610. The zero-order valence-electron chi connectivity index (χ0n) is 23.3. The van der Waals surface area contributed by atoms with Crippen LogP contribution in [0.4, 0.5) is 11.4 Å². The van der Waals surface area contributed by atoms with Gasteiger partial charge in [0.05, 0.1) is 36.4 Å². The van der Waals surface area contributed by atoms with Crippen LogP contribution in [-0.4, -0.2) is 72.1 Å². The van der Waals surface area contributed by atoms with Gasteiger partial charge in [0, 0.05) is 48.2 Å². The average Bonchev–Trinajstić information content (AvgIpc) is 3.77. The van der Waals surface area contributed by atoms with Gasteiger partial charge >= 0.3 is 0 Å². The number of pyridine rings is 1. The first-order valence-corrected chi connectivity index (χ1v) is 14.3. The van der Waals surface area contributed by atoms with Gasteiger partial charge in [0.2, 0.25) is 5.56 Å². The topological polar surface area (TPSA) is 156 Å². The van der Waals surface area contributed by atoms with E-state index in [-0.39, 0.29) is 46.4 Å². The van der Waals surface area contributed by atoms with Gasteiger partial charge in [0.1, 0.15) is 11.4 Å². The molecule has 3 N–H and O–H groups in total. The second-order valence-electron chi connectivity index (χ2n) is 11.1. The van der Waals surface area contributed by atoms with Crippen molar-refractivity contribution >= 4 is 34.1 Å². The number of nitrogens with zero attached hydrogens (tertiary/aromatic N) is 2. The fourth-order valence-corrected chi connectivity index (χ4v) is 5.99. The number of rotatable bonds is 8. The summed E-state index contributed by atoms with van der Waals surface area (Å²) in [5, 5.41) is 19.2. The summed E-state index contributed by atoms with van der Waals surface area (Å²) in [5.41, 5.74) is 1.43. The Balaban J connectivity index is 1.31. The molecule has 42 heavy (non-hydrogen) atoms. The van der Waals surface area contributed by atoms with Gasteiger partial charge in [0.15, 0.2) is 0 Å². The number of fused-ring (bicyclic) bond motifs is 1. The van der Waals surface area contributed by atoms with Crippen LogP contribution in [0.15, 0.2) is 41.2 Å². The maximum absolute atomic E-state index is 13.7. The molecular weight excluding hydrogens is 542 g/mol. The van der Waals surface area contributed by atoms with E-state index in [1.165, 1.54) is 13.2 Å². The second kappa shape index (κ2) is 11.4. The summed E-state index contributed by atoms with van der Waals surface area (Å²) in [7, 11) is 1.52. The zero-order valence-corrected chi connectivity index (χ0v) is 23.3. The molecule has 2 aromatic carbocycles. The van der Waals surface area contributed by atoms with Gasteiger partial charge < -0.3 is 30.0 Å². The van der Waals surface area contributed by atoms with Crippen LogP contribution in [0.25, 0.3) is 10.9 Å². The van der Waals surface area contributed by atoms with E-state index in [4.69, 9.17) is 9.47 Å². The molecule has 0 unspecified atom stereocenters. The number of anilines is 1. The molecule has 220 valence electrons. The summed E-state index contributed by atoms with van der Waals surface area (Å²) in [6.07, 6.45) is 3.92. The van der Waals surface area contributed by atoms with E-state index in [9.17, 15) is 24.5 Å².